The number of carbonyl (C=O) groups is 2. The molecule has 0 aromatic carbocycles. The van der Waals surface area contributed by atoms with Gasteiger partial charge >= 0.3 is 4.87 Å². The molecule has 7 nitrogen and oxygen atoms in total. The van der Waals surface area contributed by atoms with Gasteiger partial charge < -0.3 is 20.5 Å². The second kappa shape index (κ2) is 9.15. The van der Waals surface area contributed by atoms with Crippen LogP contribution in [0.15, 0.2) is 4.79 Å². The molecule has 2 amide bonds. The summed E-state index contributed by atoms with van der Waals surface area (Å²) < 4.78 is 1.68. The number of aromatic nitrogens is 1. The Morgan fingerprint density at radius 3 is 2.68 bits per heavy atom. The molecule has 1 saturated heterocycles. The van der Waals surface area contributed by atoms with E-state index >= 15 is 0 Å². The van der Waals surface area contributed by atoms with Crippen LogP contribution >= 0.6 is 11.3 Å². The van der Waals surface area contributed by atoms with Crippen molar-refractivity contribution in [2.45, 2.75) is 58.5 Å². The van der Waals surface area contributed by atoms with Crippen LogP contribution in [0, 0.1) is 13.8 Å². The first kappa shape index (κ1) is 19.7. The van der Waals surface area contributed by atoms with Gasteiger partial charge in [-0.1, -0.05) is 11.3 Å². The van der Waals surface area contributed by atoms with Crippen LogP contribution < -0.4 is 15.9 Å². The Hall–Kier alpha value is -1.67. The average Bonchev–Trinajstić information content (AvgIpc) is 2.83. The van der Waals surface area contributed by atoms with E-state index < -0.39 is 0 Å². The van der Waals surface area contributed by atoms with E-state index in [9.17, 15) is 14.4 Å². The molecule has 3 N–H and O–H groups in total. The minimum absolute atomic E-state index is 0.00737. The molecule has 140 valence electrons. The molecule has 25 heavy (non-hydrogen) atoms. The van der Waals surface area contributed by atoms with Crippen LogP contribution in [-0.2, 0) is 16.1 Å². The maximum absolute atomic E-state index is 12.7. The van der Waals surface area contributed by atoms with E-state index in [0.29, 0.717) is 39.0 Å². The highest BCUT2D eigenvalue weighted by Gasteiger charge is 2.26. The van der Waals surface area contributed by atoms with Crippen LogP contribution in [0.3, 0.4) is 0 Å². The van der Waals surface area contributed by atoms with E-state index in [1.54, 1.807) is 4.57 Å². The normalized spacial score (nSPS) is 17.6. The molecular weight excluding hydrogens is 340 g/mol. The third-order valence-electron chi connectivity index (χ3n) is 4.78. The number of nitrogens with one attached hydrogen (secondary N) is 1. The van der Waals surface area contributed by atoms with Crippen LogP contribution in [0.2, 0.25) is 0 Å². The number of rotatable bonds is 7. The lowest BCUT2D eigenvalue weighted by molar-refractivity contribution is -0.135. The molecule has 0 saturated carbocycles. The molecule has 0 spiro atoms. The number of piperidine rings is 1. The number of aryl methyl sites for hydroxylation is 1. The van der Waals surface area contributed by atoms with E-state index in [-0.39, 0.29) is 22.7 Å². The van der Waals surface area contributed by atoms with E-state index in [2.05, 4.69) is 5.32 Å². The number of nitrogens with zero attached hydrogens (tertiary/aromatic N) is 2. The molecule has 2 heterocycles. The minimum atomic E-state index is -0.0728. The third kappa shape index (κ3) is 5.15. The summed E-state index contributed by atoms with van der Waals surface area (Å²) in [5, 5.41) is 2.87. The number of carbonyl (C=O) groups excluding carboxylic acids is 2. The van der Waals surface area contributed by atoms with E-state index in [1.807, 2.05) is 18.7 Å². The van der Waals surface area contributed by atoms with Gasteiger partial charge in [0.2, 0.25) is 11.8 Å². The standard InChI is InChI=1S/C17H28N4O3S/c1-12-13(2)25-17(24)20(12)10-7-16(23)21-9-4-3-5-14(21)11-19-15(22)6-8-18/h14H,3-11,18H2,1-2H3,(H,19,22). The first-order valence-electron chi connectivity index (χ1n) is 8.87. The maximum Gasteiger partial charge on any atom is 0.307 e. The van der Waals surface area contributed by atoms with Gasteiger partial charge in [-0.3, -0.25) is 14.4 Å². The molecule has 0 aliphatic carbocycles. The summed E-state index contributed by atoms with van der Waals surface area (Å²) in [7, 11) is 0. The van der Waals surface area contributed by atoms with E-state index in [0.717, 1.165) is 29.8 Å². The molecule has 1 fully saturated rings. The second-order valence-electron chi connectivity index (χ2n) is 6.49. The summed E-state index contributed by atoms with van der Waals surface area (Å²) in [4.78, 5) is 39.1. The number of hydrogen-bond acceptors (Lipinski definition) is 5. The van der Waals surface area contributed by atoms with Gasteiger partial charge in [0.15, 0.2) is 0 Å². The maximum atomic E-state index is 12.7. The smallest absolute Gasteiger partial charge is 0.307 e. The SMILES string of the molecule is Cc1sc(=O)n(CCC(=O)N2CCCCC2CNC(=O)CCN)c1C. The van der Waals surface area contributed by atoms with Crippen molar-refractivity contribution in [3.05, 3.63) is 20.2 Å². The Morgan fingerprint density at radius 2 is 2.04 bits per heavy atom. The van der Waals surface area contributed by atoms with Gasteiger partial charge in [0.25, 0.3) is 0 Å². The fraction of sp³-hybridized carbons (Fsp3) is 0.706. The average molecular weight is 369 g/mol. The Morgan fingerprint density at radius 1 is 1.28 bits per heavy atom. The summed E-state index contributed by atoms with van der Waals surface area (Å²) >= 11 is 1.22. The quantitative estimate of drug-likeness (QED) is 0.742. The van der Waals surface area contributed by atoms with Crippen LogP contribution in [0.1, 0.15) is 42.7 Å². The summed E-state index contributed by atoms with van der Waals surface area (Å²) in [6.07, 6.45) is 3.55. The van der Waals surface area contributed by atoms with Gasteiger partial charge in [-0.2, -0.15) is 0 Å². The number of amides is 2. The Balaban J connectivity index is 1.93. The Labute approximate surface area is 152 Å². The number of nitrogens with two attached hydrogens (primary N) is 1. The summed E-state index contributed by atoms with van der Waals surface area (Å²) in [6, 6.07) is 0.0324. The molecule has 1 aliphatic heterocycles. The summed E-state index contributed by atoms with van der Waals surface area (Å²) in [5.74, 6) is -0.0238. The van der Waals surface area contributed by atoms with Crippen molar-refractivity contribution < 1.29 is 9.59 Å². The lowest BCUT2D eigenvalue weighted by Gasteiger charge is -2.36. The summed E-state index contributed by atoms with van der Waals surface area (Å²) in [5.41, 5.74) is 6.32. The Kier molecular flexibility index (Phi) is 7.19. The monoisotopic (exact) mass is 368 g/mol. The zero-order chi connectivity index (χ0) is 18.4. The molecule has 2 rings (SSSR count). The molecule has 1 unspecified atom stereocenters. The van der Waals surface area contributed by atoms with Crippen molar-refractivity contribution in [1.29, 1.82) is 0 Å². The number of thiazole rings is 1. The predicted octanol–water partition coefficient (Wildman–Crippen LogP) is 0.763. The second-order valence-corrected chi connectivity index (χ2v) is 7.66. The fourth-order valence-corrected chi connectivity index (χ4v) is 4.05. The van der Waals surface area contributed by atoms with Crippen molar-refractivity contribution in [3.8, 4) is 0 Å². The van der Waals surface area contributed by atoms with Crippen molar-refractivity contribution >= 4 is 23.2 Å². The van der Waals surface area contributed by atoms with Crippen LogP contribution in [-0.4, -0.2) is 47.0 Å². The topological polar surface area (TPSA) is 97.4 Å². The molecule has 1 aliphatic rings. The largest absolute Gasteiger partial charge is 0.354 e. The first-order valence-corrected chi connectivity index (χ1v) is 9.68. The van der Waals surface area contributed by atoms with Crippen molar-refractivity contribution in [3.63, 3.8) is 0 Å². The molecule has 1 aromatic rings. The Bertz CT molecular complexity index is 667. The lowest BCUT2D eigenvalue weighted by atomic mass is 10.0. The van der Waals surface area contributed by atoms with Gasteiger partial charge in [-0.15, -0.1) is 0 Å². The zero-order valence-electron chi connectivity index (χ0n) is 15.0. The highest BCUT2D eigenvalue weighted by molar-refractivity contribution is 7.09. The van der Waals surface area contributed by atoms with Crippen molar-refractivity contribution in [1.82, 2.24) is 14.8 Å². The predicted molar refractivity (Wildman–Crippen MR) is 98.7 cm³/mol. The molecule has 1 atom stereocenters. The van der Waals surface area contributed by atoms with Gasteiger partial charge in [-0.25, -0.2) is 0 Å². The number of likely N-dealkylation sites (tertiary alicyclic amines) is 1. The van der Waals surface area contributed by atoms with E-state index in [4.69, 9.17) is 5.73 Å². The van der Waals surface area contributed by atoms with Crippen molar-refractivity contribution in [2.24, 2.45) is 5.73 Å². The first-order chi connectivity index (χ1) is 11.9. The van der Waals surface area contributed by atoms with Gasteiger partial charge in [0, 0.05) is 55.6 Å². The lowest BCUT2D eigenvalue weighted by Crippen LogP contribution is -2.49. The molecule has 8 heteroatoms. The molecule has 0 radical (unpaired) electrons. The minimum Gasteiger partial charge on any atom is -0.354 e. The van der Waals surface area contributed by atoms with Crippen LogP contribution in [0.25, 0.3) is 0 Å². The van der Waals surface area contributed by atoms with Crippen LogP contribution in [0.4, 0.5) is 0 Å². The van der Waals surface area contributed by atoms with Crippen molar-refractivity contribution in [2.75, 3.05) is 19.6 Å². The van der Waals surface area contributed by atoms with Gasteiger partial charge in [-0.05, 0) is 33.1 Å². The van der Waals surface area contributed by atoms with Gasteiger partial charge in [0.05, 0.1) is 0 Å². The van der Waals surface area contributed by atoms with Gasteiger partial charge in [0.1, 0.15) is 0 Å². The third-order valence-corrected chi connectivity index (χ3v) is 5.77. The fourth-order valence-electron chi connectivity index (χ4n) is 3.19. The highest BCUT2D eigenvalue weighted by atomic mass is 32.1. The molecule has 0 bridgehead atoms. The van der Waals surface area contributed by atoms with E-state index in [1.165, 1.54) is 11.3 Å². The van der Waals surface area contributed by atoms with Crippen LogP contribution in [0.5, 0.6) is 0 Å². The molecular formula is C17H28N4O3S. The molecule has 1 aromatic heterocycles. The highest BCUT2D eigenvalue weighted by Crippen LogP contribution is 2.18. The zero-order valence-corrected chi connectivity index (χ0v) is 15.9. The number of hydrogen-bond donors (Lipinski definition) is 2. The summed E-state index contributed by atoms with van der Waals surface area (Å²) in [6.45, 7) is 5.76.